The molecule has 0 radical (unpaired) electrons. The lowest BCUT2D eigenvalue weighted by Gasteiger charge is -1.97. The van der Waals surface area contributed by atoms with Crippen LogP contribution in [0.4, 0.5) is 0 Å². The molecule has 3 aromatic rings. The van der Waals surface area contributed by atoms with Gasteiger partial charge in [-0.15, -0.1) is 0 Å². The molecule has 2 N–H and O–H groups in total. The van der Waals surface area contributed by atoms with Crippen molar-refractivity contribution in [3.05, 3.63) is 71.4 Å². The highest BCUT2D eigenvalue weighted by atomic mass is 16.1. The van der Waals surface area contributed by atoms with Crippen LogP contribution in [0.3, 0.4) is 0 Å². The standard InChI is InChI=1S/C19H16N2O/c1-14-9-10-16-13-18(21-17(16)12-14)19(22)20-11-5-8-15-6-3-2-4-7-15/h2-4,6-7,9-10,12-13,21H,11H2,1H3,(H,20,22). The number of H-pyrrole nitrogens is 1. The van der Waals surface area contributed by atoms with Gasteiger partial charge >= 0.3 is 0 Å². The molecule has 1 aromatic heterocycles. The second-order valence-corrected chi connectivity index (χ2v) is 5.12. The molecular formula is C19H16N2O. The molecule has 0 aliphatic heterocycles. The highest BCUT2D eigenvalue weighted by Crippen LogP contribution is 2.16. The van der Waals surface area contributed by atoms with E-state index in [1.165, 1.54) is 0 Å². The van der Waals surface area contributed by atoms with Crippen LogP contribution in [0.1, 0.15) is 21.6 Å². The lowest BCUT2D eigenvalue weighted by atomic mass is 10.2. The normalized spacial score (nSPS) is 10.0. The molecule has 1 amide bonds. The number of aromatic nitrogens is 1. The number of hydrogen-bond acceptors (Lipinski definition) is 1. The van der Waals surface area contributed by atoms with Crippen LogP contribution in [-0.4, -0.2) is 17.4 Å². The summed E-state index contributed by atoms with van der Waals surface area (Å²) < 4.78 is 0. The smallest absolute Gasteiger partial charge is 0.268 e. The molecule has 0 saturated carbocycles. The predicted octanol–water partition coefficient (Wildman–Crippen LogP) is 3.26. The van der Waals surface area contributed by atoms with E-state index in [4.69, 9.17) is 0 Å². The number of carbonyl (C=O) groups excluding carboxylic acids is 1. The highest BCUT2D eigenvalue weighted by molar-refractivity contribution is 5.98. The van der Waals surface area contributed by atoms with Gasteiger partial charge < -0.3 is 10.3 Å². The number of benzene rings is 2. The van der Waals surface area contributed by atoms with Crippen LogP contribution >= 0.6 is 0 Å². The second-order valence-electron chi connectivity index (χ2n) is 5.12. The number of carbonyl (C=O) groups is 1. The lowest BCUT2D eigenvalue weighted by molar-refractivity contribution is 0.0954. The second kappa shape index (κ2) is 6.19. The van der Waals surface area contributed by atoms with Gasteiger partial charge in [-0.05, 0) is 36.8 Å². The minimum atomic E-state index is -0.142. The van der Waals surface area contributed by atoms with E-state index in [0.29, 0.717) is 12.2 Å². The van der Waals surface area contributed by atoms with Gasteiger partial charge in [-0.2, -0.15) is 0 Å². The lowest BCUT2D eigenvalue weighted by Crippen LogP contribution is -2.23. The van der Waals surface area contributed by atoms with E-state index in [9.17, 15) is 4.79 Å². The van der Waals surface area contributed by atoms with Crippen molar-refractivity contribution in [2.45, 2.75) is 6.92 Å². The summed E-state index contributed by atoms with van der Waals surface area (Å²) in [6.45, 7) is 2.35. The summed E-state index contributed by atoms with van der Waals surface area (Å²) in [5.74, 6) is 5.82. The molecule has 0 aliphatic rings. The molecule has 0 fully saturated rings. The third-order valence-electron chi connectivity index (χ3n) is 3.37. The minimum absolute atomic E-state index is 0.142. The molecule has 1 heterocycles. The number of nitrogens with one attached hydrogen (secondary N) is 2. The maximum absolute atomic E-state index is 12.1. The van der Waals surface area contributed by atoms with Crippen molar-refractivity contribution in [1.82, 2.24) is 10.3 Å². The molecule has 3 rings (SSSR count). The highest BCUT2D eigenvalue weighted by Gasteiger charge is 2.08. The van der Waals surface area contributed by atoms with Crippen molar-refractivity contribution >= 4 is 16.8 Å². The molecule has 0 saturated heterocycles. The van der Waals surface area contributed by atoms with Gasteiger partial charge in [0.05, 0.1) is 6.54 Å². The predicted molar refractivity (Wildman–Crippen MR) is 88.7 cm³/mol. The molecular weight excluding hydrogens is 272 g/mol. The largest absolute Gasteiger partial charge is 0.351 e. The van der Waals surface area contributed by atoms with Gasteiger partial charge in [0.15, 0.2) is 0 Å². The first-order chi connectivity index (χ1) is 10.7. The summed E-state index contributed by atoms with van der Waals surface area (Å²) in [6, 6.07) is 17.6. The topological polar surface area (TPSA) is 44.9 Å². The van der Waals surface area contributed by atoms with E-state index in [1.54, 1.807) is 0 Å². The van der Waals surface area contributed by atoms with Crippen molar-refractivity contribution in [1.29, 1.82) is 0 Å². The number of aromatic amines is 1. The third-order valence-corrected chi connectivity index (χ3v) is 3.37. The zero-order valence-electron chi connectivity index (χ0n) is 12.3. The molecule has 0 aliphatic carbocycles. The fourth-order valence-corrected chi connectivity index (χ4v) is 2.25. The van der Waals surface area contributed by atoms with Gasteiger partial charge in [0, 0.05) is 16.5 Å². The van der Waals surface area contributed by atoms with Crippen LogP contribution in [0.5, 0.6) is 0 Å². The van der Waals surface area contributed by atoms with Crippen LogP contribution in [-0.2, 0) is 0 Å². The third kappa shape index (κ3) is 3.18. The minimum Gasteiger partial charge on any atom is -0.351 e. The van der Waals surface area contributed by atoms with Crippen LogP contribution in [0, 0.1) is 18.8 Å². The summed E-state index contributed by atoms with van der Waals surface area (Å²) in [5, 5.41) is 3.83. The SMILES string of the molecule is Cc1ccc2cc(C(=O)NCC#Cc3ccccc3)[nH]c2c1. The van der Waals surface area contributed by atoms with Gasteiger partial charge in [-0.25, -0.2) is 0 Å². The van der Waals surface area contributed by atoms with Gasteiger partial charge in [0.1, 0.15) is 5.69 Å². The Labute approximate surface area is 129 Å². The van der Waals surface area contributed by atoms with Gasteiger partial charge in [-0.3, -0.25) is 4.79 Å². The molecule has 0 bridgehead atoms. The fourth-order valence-electron chi connectivity index (χ4n) is 2.25. The average molecular weight is 288 g/mol. The monoisotopic (exact) mass is 288 g/mol. The van der Waals surface area contributed by atoms with E-state index < -0.39 is 0 Å². The van der Waals surface area contributed by atoms with Crippen molar-refractivity contribution in [3.63, 3.8) is 0 Å². The Balaban J connectivity index is 1.65. The molecule has 2 aromatic carbocycles. The number of rotatable bonds is 2. The zero-order valence-corrected chi connectivity index (χ0v) is 12.3. The Morgan fingerprint density at radius 3 is 2.77 bits per heavy atom. The van der Waals surface area contributed by atoms with Crippen LogP contribution < -0.4 is 5.32 Å². The Bertz CT molecular complexity index is 867. The average Bonchev–Trinajstić information content (AvgIpc) is 2.95. The fraction of sp³-hybridized carbons (Fsp3) is 0.105. The zero-order chi connectivity index (χ0) is 15.4. The Morgan fingerprint density at radius 2 is 1.95 bits per heavy atom. The van der Waals surface area contributed by atoms with Crippen molar-refractivity contribution in [2.75, 3.05) is 6.54 Å². The van der Waals surface area contributed by atoms with Crippen molar-refractivity contribution in [2.24, 2.45) is 0 Å². The number of aryl methyl sites for hydroxylation is 1. The molecule has 0 atom stereocenters. The van der Waals surface area contributed by atoms with Crippen LogP contribution in [0.25, 0.3) is 10.9 Å². The molecule has 108 valence electrons. The van der Waals surface area contributed by atoms with Crippen LogP contribution in [0.2, 0.25) is 0 Å². The number of fused-ring (bicyclic) bond motifs is 1. The molecule has 22 heavy (non-hydrogen) atoms. The first kappa shape index (κ1) is 14.0. The Hall–Kier alpha value is -2.99. The Kier molecular flexibility index (Phi) is 3.93. The van der Waals surface area contributed by atoms with Crippen molar-refractivity contribution in [3.8, 4) is 11.8 Å². The summed E-state index contributed by atoms with van der Waals surface area (Å²) in [5.41, 5.74) is 3.63. The molecule has 3 heteroatoms. The quantitative estimate of drug-likeness (QED) is 0.699. The van der Waals surface area contributed by atoms with Crippen molar-refractivity contribution < 1.29 is 4.79 Å². The van der Waals surface area contributed by atoms with Gasteiger partial charge in [0.25, 0.3) is 5.91 Å². The first-order valence-corrected chi connectivity index (χ1v) is 7.14. The summed E-state index contributed by atoms with van der Waals surface area (Å²) in [7, 11) is 0. The molecule has 0 spiro atoms. The van der Waals surface area contributed by atoms with Crippen LogP contribution in [0.15, 0.2) is 54.6 Å². The number of hydrogen-bond donors (Lipinski definition) is 2. The van der Waals surface area contributed by atoms with E-state index in [-0.39, 0.29) is 5.91 Å². The molecule has 3 nitrogen and oxygen atoms in total. The maximum Gasteiger partial charge on any atom is 0.268 e. The number of amides is 1. The van der Waals surface area contributed by atoms with E-state index >= 15 is 0 Å². The molecule has 0 unspecified atom stereocenters. The van der Waals surface area contributed by atoms with E-state index in [0.717, 1.165) is 22.0 Å². The Morgan fingerprint density at radius 1 is 1.14 bits per heavy atom. The van der Waals surface area contributed by atoms with E-state index in [2.05, 4.69) is 22.1 Å². The first-order valence-electron chi connectivity index (χ1n) is 7.14. The van der Waals surface area contributed by atoms with Gasteiger partial charge in [0.2, 0.25) is 0 Å². The van der Waals surface area contributed by atoms with Gasteiger partial charge in [-0.1, -0.05) is 42.2 Å². The summed E-state index contributed by atoms with van der Waals surface area (Å²) in [6.07, 6.45) is 0. The summed E-state index contributed by atoms with van der Waals surface area (Å²) in [4.78, 5) is 15.2. The summed E-state index contributed by atoms with van der Waals surface area (Å²) >= 11 is 0. The van der Waals surface area contributed by atoms with E-state index in [1.807, 2.05) is 61.5 Å². The maximum atomic E-state index is 12.1.